The summed E-state index contributed by atoms with van der Waals surface area (Å²) in [6.07, 6.45) is -0.964. The predicted octanol–water partition coefficient (Wildman–Crippen LogP) is 4.06. The van der Waals surface area contributed by atoms with Gasteiger partial charge in [-0.15, -0.1) is 0 Å². The van der Waals surface area contributed by atoms with E-state index in [1.165, 1.54) is 17.7 Å². The highest BCUT2D eigenvalue weighted by molar-refractivity contribution is 5.82. The highest BCUT2D eigenvalue weighted by Crippen LogP contribution is 2.36. The molecule has 2 aromatic rings. The summed E-state index contributed by atoms with van der Waals surface area (Å²) in [4.78, 5) is 15.0. The second kappa shape index (κ2) is 7.39. The number of benzene rings is 2. The van der Waals surface area contributed by atoms with E-state index in [1.54, 1.807) is 24.0 Å². The van der Waals surface area contributed by atoms with E-state index in [4.69, 9.17) is 4.74 Å². The van der Waals surface area contributed by atoms with Crippen LogP contribution in [0.4, 0.5) is 8.78 Å². The first-order valence-corrected chi connectivity index (χ1v) is 9.44. The third kappa shape index (κ3) is 3.48. The molecule has 0 radical (unpaired) electrons. The normalized spacial score (nSPS) is 27.9. The second-order valence-electron chi connectivity index (χ2n) is 7.49. The number of carbonyl (C=O) groups is 1. The van der Waals surface area contributed by atoms with Crippen molar-refractivity contribution in [3.8, 4) is 0 Å². The van der Waals surface area contributed by atoms with Crippen LogP contribution >= 0.6 is 0 Å². The van der Waals surface area contributed by atoms with Crippen molar-refractivity contribution in [2.24, 2.45) is 5.92 Å². The Morgan fingerprint density at radius 2 is 1.89 bits per heavy atom. The van der Waals surface area contributed by atoms with E-state index < -0.39 is 12.3 Å². The lowest BCUT2D eigenvalue weighted by Crippen LogP contribution is -2.49. The molecule has 142 valence electrons. The van der Waals surface area contributed by atoms with Gasteiger partial charge in [0.1, 0.15) is 18.1 Å². The zero-order valence-electron chi connectivity index (χ0n) is 15.3. The molecule has 2 aliphatic rings. The second-order valence-corrected chi connectivity index (χ2v) is 7.49. The molecule has 0 unspecified atom stereocenters. The lowest BCUT2D eigenvalue weighted by Gasteiger charge is -2.41. The molecule has 0 bridgehead atoms. The smallest absolute Gasteiger partial charge is 0.252 e. The van der Waals surface area contributed by atoms with E-state index >= 15 is 0 Å². The summed E-state index contributed by atoms with van der Waals surface area (Å²) in [5, 5.41) is 0. The van der Waals surface area contributed by atoms with Gasteiger partial charge in [-0.3, -0.25) is 4.79 Å². The Morgan fingerprint density at radius 1 is 1.15 bits per heavy atom. The van der Waals surface area contributed by atoms with Gasteiger partial charge in [0.15, 0.2) is 0 Å². The molecule has 2 aromatic carbocycles. The average molecular weight is 371 g/mol. The van der Waals surface area contributed by atoms with Crippen molar-refractivity contribution >= 4 is 5.91 Å². The van der Waals surface area contributed by atoms with Crippen LogP contribution in [0.15, 0.2) is 48.5 Å². The Bertz CT molecular complexity index is 823. The van der Waals surface area contributed by atoms with Gasteiger partial charge in [-0.2, -0.15) is 0 Å². The van der Waals surface area contributed by atoms with Gasteiger partial charge in [-0.05, 0) is 35.2 Å². The van der Waals surface area contributed by atoms with Gasteiger partial charge in [-0.1, -0.05) is 43.3 Å². The Morgan fingerprint density at radius 3 is 2.63 bits per heavy atom. The number of amides is 1. The average Bonchev–Trinajstić information content (AvgIpc) is 2.69. The summed E-state index contributed by atoms with van der Waals surface area (Å²) in [5.41, 5.74) is 3.06. The minimum Gasteiger partial charge on any atom is -0.368 e. The molecule has 1 amide bonds. The molecule has 0 aliphatic carbocycles. The lowest BCUT2D eigenvalue weighted by molar-refractivity contribution is -0.154. The molecule has 1 fully saturated rings. The summed E-state index contributed by atoms with van der Waals surface area (Å²) in [7, 11) is 0. The van der Waals surface area contributed by atoms with Crippen LogP contribution in [0, 0.1) is 11.7 Å². The molecule has 4 rings (SSSR count). The van der Waals surface area contributed by atoms with Crippen molar-refractivity contribution in [2.45, 2.75) is 38.1 Å². The van der Waals surface area contributed by atoms with E-state index in [2.05, 4.69) is 6.07 Å². The van der Waals surface area contributed by atoms with Gasteiger partial charge in [0.2, 0.25) is 0 Å². The van der Waals surface area contributed by atoms with Crippen LogP contribution in [0.25, 0.3) is 0 Å². The topological polar surface area (TPSA) is 29.5 Å². The maximum absolute atomic E-state index is 14.2. The lowest BCUT2D eigenvalue weighted by atomic mass is 9.87. The maximum Gasteiger partial charge on any atom is 0.252 e. The van der Waals surface area contributed by atoms with Crippen molar-refractivity contribution in [2.75, 3.05) is 13.2 Å². The molecule has 3 nitrogen and oxygen atoms in total. The molecule has 4 atom stereocenters. The Hall–Kier alpha value is -2.27. The van der Waals surface area contributed by atoms with Gasteiger partial charge >= 0.3 is 0 Å². The van der Waals surface area contributed by atoms with Crippen molar-refractivity contribution in [3.63, 3.8) is 0 Å². The highest BCUT2D eigenvalue weighted by atomic mass is 19.1. The van der Waals surface area contributed by atoms with Crippen molar-refractivity contribution < 1.29 is 18.3 Å². The molecule has 27 heavy (non-hydrogen) atoms. The third-order valence-electron chi connectivity index (χ3n) is 5.64. The molecule has 5 heteroatoms. The first-order valence-electron chi connectivity index (χ1n) is 9.44. The number of hydrogen-bond acceptors (Lipinski definition) is 2. The quantitative estimate of drug-likeness (QED) is 0.797. The number of halogens is 2. The Labute approximate surface area is 157 Å². The molecule has 2 aliphatic heterocycles. The Kier molecular flexibility index (Phi) is 4.96. The molecule has 2 heterocycles. The fourth-order valence-electron chi connectivity index (χ4n) is 4.04. The number of nitrogens with zero attached hydrogens (tertiary/aromatic N) is 1. The summed E-state index contributed by atoms with van der Waals surface area (Å²) in [6.45, 7) is 2.58. The van der Waals surface area contributed by atoms with E-state index in [-0.39, 0.29) is 36.7 Å². The first kappa shape index (κ1) is 18.1. The van der Waals surface area contributed by atoms with Crippen LogP contribution in [-0.4, -0.2) is 36.2 Å². The van der Waals surface area contributed by atoms with Crippen LogP contribution < -0.4 is 0 Å². The van der Waals surface area contributed by atoms with Gasteiger partial charge < -0.3 is 9.64 Å². The largest absolute Gasteiger partial charge is 0.368 e. The van der Waals surface area contributed by atoms with Gasteiger partial charge in [0.05, 0.1) is 12.6 Å². The summed E-state index contributed by atoms with van der Waals surface area (Å²) in [5.74, 6) is -0.692. The van der Waals surface area contributed by atoms with E-state index in [1.807, 2.05) is 18.2 Å². The van der Waals surface area contributed by atoms with Crippen LogP contribution in [0.1, 0.15) is 36.1 Å². The van der Waals surface area contributed by atoms with Gasteiger partial charge in [0.25, 0.3) is 5.91 Å². The van der Waals surface area contributed by atoms with E-state index in [0.29, 0.717) is 6.54 Å². The molecule has 1 saturated heterocycles. The number of fused-ring (bicyclic) bond motifs is 1. The van der Waals surface area contributed by atoms with Crippen molar-refractivity contribution in [1.29, 1.82) is 0 Å². The predicted molar refractivity (Wildman–Crippen MR) is 98.5 cm³/mol. The van der Waals surface area contributed by atoms with Gasteiger partial charge in [-0.25, -0.2) is 8.78 Å². The van der Waals surface area contributed by atoms with Crippen LogP contribution in [0.2, 0.25) is 0 Å². The number of carbonyl (C=O) groups excluding carboxylic acids is 1. The third-order valence-corrected chi connectivity index (χ3v) is 5.64. The number of hydrogen-bond donors (Lipinski definition) is 0. The number of rotatable bonds is 2. The van der Waals surface area contributed by atoms with E-state index in [0.717, 1.165) is 17.5 Å². The maximum atomic E-state index is 14.2. The zero-order valence-corrected chi connectivity index (χ0v) is 15.3. The van der Waals surface area contributed by atoms with Gasteiger partial charge in [0, 0.05) is 18.9 Å². The minimum atomic E-state index is -1.03. The van der Waals surface area contributed by atoms with Crippen LogP contribution in [-0.2, 0) is 16.0 Å². The Balaban J connectivity index is 1.68. The highest BCUT2D eigenvalue weighted by Gasteiger charge is 2.39. The standard InChI is InChI=1S/C22H23F2NO2/c1-14-13-27-20(12-19(14)24)22(26)25-11-10-15-4-2-3-5-18(15)21(25)16-6-8-17(23)9-7-16/h2-9,14,19-21H,10-13H2,1H3/t14-,19+,20+,21-/m0/s1. The SMILES string of the molecule is C[C@H]1CO[C@@H](C(=O)N2CCc3ccccc3[C@@H]2c2ccc(F)cc2)C[C@H]1F. The van der Waals surface area contributed by atoms with E-state index in [9.17, 15) is 13.6 Å². The summed E-state index contributed by atoms with van der Waals surface area (Å²) in [6, 6.07) is 13.9. The zero-order chi connectivity index (χ0) is 19.0. The van der Waals surface area contributed by atoms with Crippen molar-refractivity contribution in [3.05, 3.63) is 71.0 Å². The summed E-state index contributed by atoms with van der Waals surface area (Å²) < 4.78 is 33.3. The molecule has 0 N–H and O–H groups in total. The molecule has 0 aromatic heterocycles. The molecular formula is C22H23F2NO2. The summed E-state index contributed by atoms with van der Waals surface area (Å²) >= 11 is 0. The van der Waals surface area contributed by atoms with Crippen LogP contribution in [0.5, 0.6) is 0 Å². The molecular weight excluding hydrogens is 348 g/mol. The fourth-order valence-corrected chi connectivity index (χ4v) is 4.04. The number of alkyl halides is 1. The molecule has 0 spiro atoms. The minimum absolute atomic E-state index is 0.0916. The number of ether oxygens (including phenoxy) is 1. The van der Waals surface area contributed by atoms with Crippen LogP contribution in [0.3, 0.4) is 0 Å². The monoisotopic (exact) mass is 371 g/mol. The van der Waals surface area contributed by atoms with Crippen molar-refractivity contribution in [1.82, 2.24) is 4.90 Å². The first-order chi connectivity index (χ1) is 13.0. The molecule has 0 saturated carbocycles. The fraction of sp³-hybridized carbons (Fsp3) is 0.409.